The standard InChI is InChI=1S/C27H38BrN3O4S/c1-7-20(3)29-27(33)22(5)30(18-23-13-15-24(28)16-14-23)26(32)12-9-17-31(36(6,34)35)25-11-8-10-19(2)21(25)4/h8,10-11,13-16,20,22H,7,9,12,17-18H2,1-6H3,(H,29,33). The van der Waals surface area contributed by atoms with Crippen molar-refractivity contribution in [2.75, 3.05) is 17.1 Å². The minimum Gasteiger partial charge on any atom is -0.352 e. The van der Waals surface area contributed by atoms with Crippen LogP contribution in [0.2, 0.25) is 0 Å². The van der Waals surface area contributed by atoms with Gasteiger partial charge in [0.05, 0.1) is 11.9 Å². The summed E-state index contributed by atoms with van der Waals surface area (Å²) in [5.74, 6) is -0.401. The summed E-state index contributed by atoms with van der Waals surface area (Å²) >= 11 is 3.42. The number of nitrogens with one attached hydrogen (secondary N) is 1. The van der Waals surface area contributed by atoms with Crippen molar-refractivity contribution >= 4 is 43.5 Å². The van der Waals surface area contributed by atoms with Crippen molar-refractivity contribution in [1.29, 1.82) is 0 Å². The number of rotatable bonds is 12. The number of halogens is 1. The number of anilines is 1. The van der Waals surface area contributed by atoms with Gasteiger partial charge in [-0.15, -0.1) is 0 Å². The largest absolute Gasteiger partial charge is 0.352 e. The van der Waals surface area contributed by atoms with E-state index in [-0.39, 0.29) is 37.4 Å². The van der Waals surface area contributed by atoms with E-state index < -0.39 is 16.1 Å². The normalized spacial score (nSPS) is 13.1. The number of carbonyl (C=O) groups excluding carboxylic acids is 2. The van der Waals surface area contributed by atoms with E-state index in [4.69, 9.17) is 0 Å². The Bertz CT molecular complexity index is 1150. The van der Waals surface area contributed by atoms with Gasteiger partial charge in [0.1, 0.15) is 6.04 Å². The van der Waals surface area contributed by atoms with Gasteiger partial charge in [0.2, 0.25) is 21.8 Å². The van der Waals surface area contributed by atoms with Gasteiger partial charge in [-0.05, 0) is 75.4 Å². The van der Waals surface area contributed by atoms with Gasteiger partial charge in [-0.3, -0.25) is 13.9 Å². The first kappa shape index (κ1) is 29.8. The van der Waals surface area contributed by atoms with Gasteiger partial charge in [0.25, 0.3) is 0 Å². The third kappa shape index (κ3) is 8.34. The summed E-state index contributed by atoms with van der Waals surface area (Å²) in [6, 6.07) is 12.5. The lowest BCUT2D eigenvalue weighted by Gasteiger charge is -2.30. The minimum atomic E-state index is -3.53. The molecule has 9 heteroatoms. The van der Waals surface area contributed by atoms with Crippen LogP contribution < -0.4 is 9.62 Å². The quantitative estimate of drug-likeness (QED) is 0.385. The number of nitrogens with zero attached hydrogens (tertiary/aromatic N) is 2. The van der Waals surface area contributed by atoms with Crippen LogP contribution in [0.25, 0.3) is 0 Å². The zero-order chi connectivity index (χ0) is 27.0. The molecule has 7 nitrogen and oxygen atoms in total. The molecule has 2 aromatic rings. The number of aryl methyl sites for hydroxylation is 1. The molecular weight excluding hydrogens is 542 g/mol. The zero-order valence-electron chi connectivity index (χ0n) is 22.0. The molecule has 0 aromatic heterocycles. The number of sulfonamides is 1. The molecule has 0 aliphatic rings. The fraction of sp³-hybridized carbons (Fsp3) is 0.481. The van der Waals surface area contributed by atoms with Gasteiger partial charge >= 0.3 is 0 Å². The highest BCUT2D eigenvalue weighted by molar-refractivity contribution is 9.10. The second-order valence-corrected chi connectivity index (χ2v) is 12.1. The molecule has 2 amide bonds. The second-order valence-electron chi connectivity index (χ2n) is 9.30. The predicted octanol–water partition coefficient (Wildman–Crippen LogP) is 4.94. The SMILES string of the molecule is CCC(C)NC(=O)C(C)N(Cc1ccc(Br)cc1)C(=O)CCCN(c1cccc(C)c1C)S(C)(=O)=O. The molecule has 2 aromatic carbocycles. The monoisotopic (exact) mass is 579 g/mol. The van der Waals surface area contributed by atoms with Crippen LogP contribution in [0, 0.1) is 13.8 Å². The van der Waals surface area contributed by atoms with E-state index in [1.807, 2.05) is 64.1 Å². The molecule has 0 aliphatic heterocycles. The number of hydrogen-bond donors (Lipinski definition) is 1. The van der Waals surface area contributed by atoms with Crippen LogP contribution in [-0.4, -0.2) is 50.0 Å². The van der Waals surface area contributed by atoms with Crippen molar-refractivity contribution in [3.05, 3.63) is 63.6 Å². The highest BCUT2D eigenvalue weighted by Crippen LogP contribution is 2.25. The van der Waals surface area contributed by atoms with Crippen LogP contribution in [0.5, 0.6) is 0 Å². The van der Waals surface area contributed by atoms with E-state index in [9.17, 15) is 18.0 Å². The first-order chi connectivity index (χ1) is 16.8. The van der Waals surface area contributed by atoms with Crippen molar-refractivity contribution in [2.45, 2.75) is 72.5 Å². The smallest absolute Gasteiger partial charge is 0.242 e. The van der Waals surface area contributed by atoms with Crippen LogP contribution >= 0.6 is 15.9 Å². The highest BCUT2D eigenvalue weighted by atomic mass is 79.9. The van der Waals surface area contributed by atoms with E-state index in [1.165, 1.54) is 10.6 Å². The average Bonchev–Trinajstić information content (AvgIpc) is 2.82. The molecule has 0 radical (unpaired) electrons. The summed E-state index contributed by atoms with van der Waals surface area (Å²) in [6.45, 7) is 9.94. The maximum atomic E-state index is 13.4. The van der Waals surface area contributed by atoms with Crippen LogP contribution in [-0.2, 0) is 26.2 Å². The predicted molar refractivity (Wildman–Crippen MR) is 149 cm³/mol. The van der Waals surface area contributed by atoms with Crippen molar-refractivity contribution in [2.24, 2.45) is 0 Å². The molecule has 0 spiro atoms. The Balaban J connectivity index is 2.20. The van der Waals surface area contributed by atoms with Gasteiger partial charge in [-0.25, -0.2) is 8.42 Å². The minimum absolute atomic E-state index is 0.00507. The molecule has 2 atom stereocenters. The summed E-state index contributed by atoms with van der Waals surface area (Å²) in [5, 5.41) is 2.96. The van der Waals surface area contributed by atoms with Gasteiger partial charge in [-0.1, -0.05) is 47.1 Å². The fourth-order valence-electron chi connectivity index (χ4n) is 3.82. The zero-order valence-corrected chi connectivity index (χ0v) is 24.4. The first-order valence-corrected chi connectivity index (χ1v) is 14.9. The number of carbonyl (C=O) groups is 2. The maximum absolute atomic E-state index is 13.4. The first-order valence-electron chi connectivity index (χ1n) is 12.2. The third-order valence-corrected chi connectivity index (χ3v) is 8.14. The molecule has 0 saturated heterocycles. The summed E-state index contributed by atoms with van der Waals surface area (Å²) in [7, 11) is -3.53. The van der Waals surface area contributed by atoms with Crippen LogP contribution in [0.4, 0.5) is 5.69 Å². The average molecular weight is 581 g/mol. The number of benzene rings is 2. The summed E-state index contributed by atoms with van der Waals surface area (Å²) in [6.07, 6.45) is 2.42. The molecular formula is C27H38BrN3O4S. The summed E-state index contributed by atoms with van der Waals surface area (Å²) in [4.78, 5) is 27.8. The van der Waals surface area contributed by atoms with Crippen LogP contribution in [0.15, 0.2) is 46.9 Å². The lowest BCUT2D eigenvalue weighted by atomic mass is 10.1. The molecule has 1 N–H and O–H groups in total. The van der Waals surface area contributed by atoms with E-state index in [2.05, 4.69) is 21.2 Å². The topological polar surface area (TPSA) is 86.8 Å². The van der Waals surface area contributed by atoms with E-state index >= 15 is 0 Å². The lowest BCUT2D eigenvalue weighted by molar-refractivity contribution is -0.140. The summed E-state index contributed by atoms with van der Waals surface area (Å²) < 4.78 is 27.4. The maximum Gasteiger partial charge on any atom is 0.242 e. The molecule has 0 heterocycles. The Labute approximate surface area is 224 Å². The van der Waals surface area contributed by atoms with Crippen LogP contribution in [0.1, 0.15) is 56.7 Å². The third-order valence-electron chi connectivity index (χ3n) is 6.43. The molecule has 0 aliphatic carbocycles. The van der Waals surface area contributed by atoms with E-state index in [0.717, 1.165) is 27.6 Å². The molecule has 36 heavy (non-hydrogen) atoms. The fourth-order valence-corrected chi connectivity index (χ4v) is 5.10. The summed E-state index contributed by atoms with van der Waals surface area (Å²) in [5.41, 5.74) is 3.42. The Hall–Kier alpha value is -2.39. The Morgan fingerprint density at radius 2 is 1.69 bits per heavy atom. The Kier molecular flexibility index (Phi) is 11.0. The van der Waals surface area contributed by atoms with Gasteiger partial charge in [0.15, 0.2) is 0 Å². The molecule has 2 rings (SSSR count). The molecule has 0 bridgehead atoms. The second kappa shape index (κ2) is 13.2. The Morgan fingerprint density at radius 1 is 1.06 bits per heavy atom. The van der Waals surface area contributed by atoms with Gasteiger partial charge in [-0.2, -0.15) is 0 Å². The van der Waals surface area contributed by atoms with E-state index in [1.54, 1.807) is 17.9 Å². The van der Waals surface area contributed by atoms with Crippen molar-refractivity contribution in [3.63, 3.8) is 0 Å². The molecule has 0 fully saturated rings. The highest BCUT2D eigenvalue weighted by Gasteiger charge is 2.27. The molecule has 198 valence electrons. The van der Waals surface area contributed by atoms with Crippen molar-refractivity contribution in [3.8, 4) is 0 Å². The van der Waals surface area contributed by atoms with Crippen molar-refractivity contribution < 1.29 is 18.0 Å². The lowest BCUT2D eigenvalue weighted by Crippen LogP contribution is -2.49. The molecule has 2 unspecified atom stereocenters. The number of amides is 2. The van der Waals surface area contributed by atoms with Gasteiger partial charge in [0, 0.05) is 30.0 Å². The molecule has 0 saturated carbocycles. The number of hydrogen-bond acceptors (Lipinski definition) is 4. The Morgan fingerprint density at radius 3 is 2.28 bits per heavy atom. The van der Waals surface area contributed by atoms with Gasteiger partial charge < -0.3 is 10.2 Å². The van der Waals surface area contributed by atoms with E-state index in [0.29, 0.717) is 12.1 Å². The van der Waals surface area contributed by atoms with Crippen molar-refractivity contribution in [1.82, 2.24) is 10.2 Å². The van der Waals surface area contributed by atoms with Crippen LogP contribution in [0.3, 0.4) is 0 Å².